The summed E-state index contributed by atoms with van der Waals surface area (Å²) in [5, 5.41) is 0.603. The van der Waals surface area contributed by atoms with Crippen molar-refractivity contribution in [2.45, 2.75) is 37.7 Å². The minimum atomic E-state index is -4.98. The molecule has 31 heavy (non-hydrogen) atoms. The van der Waals surface area contributed by atoms with E-state index in [9.17, 15) is 31.1 Å². The number of fused-ring (bicyclic) bond motifs is 1. The smallest absolute Gasteiger partial charge is 0.361 e. The van der Waals surface area contributed by atoms with Gasteiger partial charge in [0.25, 0.3) is 0 Å². The topological polar surface area (TPSA) is 58.9 Å². The molecule has 0 aliphatic rings. The number of benzene rings is 2. The molecule has 3 rings (SSSR count). The fourth-order valence-corrected chi connectivity index (χ4v) is 3.36. The zero-order chi connectivity index (χ0) is 22.3. The molecule has 0 saturated carbocycles. The molecule has 0 spiro atoms. The Kier molecular flexibility index (Phi) is 7.12. The number of ketones is 1. The van der Waals surface area contributed by atoms with E-state index in [1.165, 1.54) is 13.1 Å². The molecule has 1 heterocycles. The van der Waals surface area contributed by atoms with Crippen LogP contribution in [0, 0.1) is 0 Å². The first kappa shape index (κ1) is 24.7. The Morgan fingerprint density at radius 1 is 1.00 bits per heavy atom. The quantitative estimate of drug-likeness (QED) is 0.450. The Labute approximate surface area is 180 Å². The van der Waals surface area contributed by atoms with Crippen molar-refractivity contribution in [1.29, 1.82) is 0 Å². The molecule has 0 saturated heterocycles. The van der Waals surface area contributed by atoms with Crippen molar-refractivity contribution in [3.8, 4) is 0 Å². The Morgan fingerprint density at radius 2 is 1.55 bits per heavy atom. The van der Waals surface area contributed by atoms with Crippen LogP contribution in [0.5, 0.6) is 0 Å². The van der Waals surface area contributed by atoms with Gasteiger partial charge >= 0.3 is 12.4 Å². The van der Waals surface area contributed by atoms with Crippen LogP contribution in [0.15, 0.2) is 48.7 Å². The van der Waals surface area contributed by atoms with Crippen LogP contribution in [-0.4, -0.2) is 16.8 Å². The number of halogens is 7. The highest BCUT2D eigenvalue weighted by Gasteiger charge is 2.38. The van der Waals surface area contributed by atoms with Crippen molar-refractivity contribution in [1.82, 2.24) is 4.98 Å². The number of aromatic nitrogens is 1. The van der Waals surface area contributed by atoms with Crippen molar-refractivity contribution >= 4 is 29.1 Å². The maximum atomic E-state index is 13.3. The lowest BCUT2D eigenvalue weighted by molar-refractivity contribution is -0.143. The second-order valence-electron chi connectivity index (χ2n) is 7.14. The van der Waals surface area contributed by atoms with Crippen LogP contribution >= 0.6 is 12.4 Å². The van der Waals surface area contributed by atoms with Gasteiger partial charge in [-0.15, -0.1) is 12.4 Å². The van der Waals surface area contributed by atoms with Crippen LogP contribution in [0.2, 0.25) is 0 Å². The molecule has 0 bridgehead atoms. The maximum Gasteiger partial charge on any atom is 0.416 e. The largest absolute Gasteiger partial charge is 0.416 e. The molecular weight excluding hydrogens is 446 g/mol. The minimum absolute atomic E-state index is 0. The van der Waals surface area contributed by atoms with Gasteiger partial charge in [0.2, 0.25) is 0 Å². The summed E-state index contributed by atoms with van der Waals surface area (Å²) in [6.07, 6.45) is -8.80. The fourth-order valence-electron chi connectivity index (χ4n) is 3.36. The number of hydrogen-bond acceptors (Lipinski definition) is 2. The standard InChI is InChI=1S/C21H18F6N2O.ClH/c1-11(28)19(30)9-16(17-10-29-18-5-3-2-4-15(17)18)12-6-13(20(22,23)24)8-14(7-12)21(25,26)27;/h2-8,10-11,16,29H,9,28H2,1H3;1H. The third-order valence-electron chi connectivity index (χ3n) is 4.92. The van der Waals surface area contributed by atoms with Crippen LogP contribution in [0.25, 0.3) is 10.9 Å². The highest BCUT2D eigenvalue weighted by atomic mass is 35.5. The lowest BCUT2D eigenvalue weighted by atomic mass is 9.84. The predicted molar refractivity (Wildman–Crippen MR) is 107 cm³/mol. The molecule has 2 aromatic carbocycles. The van der Waals surface area contributed by atoms with E-state index in [2.05, 4.69) is 4.98 Å². The number of nitrogens with two attached hydrogens (primary N) is 1. The zero-order valence-electron chi connectivity index (χ0n) is 16.1. The lowest BCUT2D eigenvalue weighted by Gasteiger charge is -2.21. The average Bonchev–Trinajstić information content (AvgIpc) is 3.08. The number of carbonyl (C=O) groups is 1. The van der Waals surface area contributed by atoms with E-state index in [0.717, 1.165) is 0 Å². The first-order valence-corrected chi connectivity index (χ1v) is 9.01. The third kappa shape index (κ3) is 5.40. The Hall–Kier alpha value is -2.52. The molecule has 3 N–H and O–H groups in total. The van der Waals surface area contributed by atoms with Gasteiger partial charge in [0.15, 0.2) is 0 Å². The van der Waals surface area contributed by atoms with Gasteiger partial charge in [-0.2, -0.15) is 26.3 Å². The van der Waals surface area contributed by atoms with Gasteiger partial charge in [-0.25, -0.2) is 0 Å². The van der Waals surface area contributed by atoms with Gasteiger partial charge in [-0.05, 0) is 42.3 Å². The predicted octanol–water partition coefficient (Wildman–Crippen LogP) is 6.07. The number of Topliss-reactive ketones (excluding diaryl/α,β-unsaturated/α-hetero) is 1. The SMILES string of the molecule is CC(N)C(=O)CC(c1cc(C(F)(F)F)cc(C(F)(F)F)c1)c1c[nH]c2ccccc12.Cl. The minimum Gasteiger partial charge on any atom is -0.361 e. The summed E-state index contributed by atoms with van der Waals surface area (Å²) in [6.45, 7) is 1.42. The number of para-hydroxylation sites is 1. The van der Waals surface area contributed by atoms with Crippen molar-refractivity contribution in [3.05, 3.63) is 70.9 Å². The highest BCUT2D eigenvalue weighted by Crippen LogP contribution is 2.41. The van der Waals surface area contributed by atoms with Gasteiger partial charge in [0, 0.05) is 29.4 Å². The molecule has 0 radical (unpaired) electrons. The van der Waals surface area contributed by atoms with E-state index >= 15 is 0 Å². The Bertz CT molecular complexity index is 1040. The summed E-state index contributed by atoms with van der Waals surface area (Å²) in [5.41, 5.74) is 3.57. The molecule has 0 aliphatic heterocycles. The molecule has 10 heteroatoms. The van der Waals surface area contributed by atoms with Gasteiger partial charge in [-0.3, -0.25) is 4.79 Å². The molecule has 2 unspecified atom stereocenters. The number of rotatable bonds is 5. The van der Waals surface area contributed by atoms with E-state index in [0.29, 0.717) is 28.6 Å². The molecule has 1 aromatic heterocycles. The number of hydrogen-bond donors (Lipinski definition) is 2. The summed E-state index contributed by atoms with van der Waals surface area (Å²) in [4.78, 5) is 15.3. The van der Waals surface area contributed by atoms with E-state index in [4.69, 9.17) is 5.73 Å². The van der Waals surface area contributed by atoms with Gasteiger partial charge in [0.1, 0.15) is 5.78 Å². The lowest BCUT2D eigenvalue weighted by Crippen LogP contribution is -2.28. The summed E-state index contributed by atoms with van der Waals surface area (Å²) in [5.74, 6) is -1.51. The van der Waals surface area contributed by atoms with Gasteiger partial charge in [0.05, 0.1) is 17.2 Å². The third-order valence-corrected chi connectivity index (χ3v) is 4.92. The summed E-state index contributed by atoms with van der Waals surface area (Å²) in [7, 11) is 0. The summed E-state index contributed by atoms with van der Waals surface area (Å²) < 4.78 is 80.0. The van der Waals surface area contributed by atoms with Crippen molar-refractivity contribution in [2.24, 2.45) is 5.73 Å². The normalized spacial score (nSPS) is 14.2. The first-order valence-electron chi connectivity index (χ1n) is 9.01. The van der Waals surface area contributed by atoms with Crippen LogP contribution in [0.1, 0.15) is 41.5 Å². The van der Waals surface area contributed by atoms with E-state index in [1.807, 2.05) is 0 Å². The van der Waals surface area contributed by atoms with Crippen molar-refractivity contribution in [2.75, 3.05) is 0 Å². The second kappa shape index (κ2) is 8.92. The average molecular weight is 465 g/mol. The maximum absolute atomic E-state index is 13.3. The zero-order valence-corrected chi connectivity index (χ0v) is 17.0. The second-order valence-corrected chi connectivity index (χ2v) is 7.14. The molecular formula is C21H19ClF6N2O. The molecule has 0 fully saturated rings. The number of H-pyrrole nitrogens is 1. The molecule has 3 nitrogen and oxygen atoms in total. The number of aromatic amines is 1. The van der Waals surface area contributed by atoms with Crippen LogP contribution in [0.4, 0.5) is 26.3 Å². The van der Waals surface area contributed by atoms with E-state index in [-0.39, 0.29) is 30.5 Å². The molecule has 168 valence electrons. The fraction of sp³-hybridized carbons (Fsp3) is 0.286. The number of nitrogens with one attached hydrogen (secondary N) is 1. The first-order chi connectivity index (χ1) is 13.9. The van der Waals surface area contributed by atoms with Gasteiger partial charge < -0.3 is 10.7 Å². The van der Waals surface area contributed by atoms with Gasteiger partial charge in [-0.1, -0.05) is 18.2 Å². The Morgan fingerprint density at radius 3 is 2.06 bits per heavy atom. The van der Waals surface area contributed by atoms with E-state index < -0.39 is 41.2 Å². The van der Waals surface area contributed by atoms with Crippen LogP contribution in [0.3, 0.4) is 0 Å². The van der Waals surface area contributed by atoms with Crippen molar-refractivity contribution in [3.63, 3.8) is 0 Å². The van der Waals surface area contributed by atoms with Crippen LogP contribution in [-0.2, 0) is 17.1 Å². The van der Waals surface area contributed by atoms with E-state index in [1.54, 1.807) is 24.3 Å². The Balaban J connectivity index is 0.00000341. The molecule has 0 amide bonds. The highest BCUT2D eigenvalue weighted by molar-refractivity contribution is 5.88. The molecule has 2 atom stereocenters. The molecule has 0 aliphatic carbocycles. The van der Waals surface area contributed by atoms with Crippen molar-refractivity contribution < 1.29 is 31.1 Å². The monoisotopic (exact) mass is 464 g/mol. The van der Waals surface area contributed by atoms with Crippen LogP contribution < -0.4 is 5.73 Å². The summed E-state index contributed by atoms with van der Waals surface area (Å²) >= 11 is 0. The number of carbonyl (C=O) groups excluding carboxylic acids is 1. The molecule has 3 aromatic rings. The summed E-state index contributed by atoms with van der Waals surface area (Å²) in [6, 6.07) is 7.31. The number of alkyl halides is 6.